The Bertz CT molecular complexity index is 1190. The molecule has 28 heavy (non-hydrogen) atoms. The van der Waals surface area contributed by atoms with Crippen LogP contribution >= 0.6 is 0 Å². The number of aryl methyl sites for hydroxylation is 1. The van der Waals surface area contributed by atoms with Crippen molar-refractivity contribution in [1.82, 2.24) is 33.6 Å². The molecule has 0 atom stereocenters. The summed E-state index contributed by atoms with van der Waals surface area (Å²) in [6.45, 7) is 3.54. The number of aromatic nitrogens is 6. The first-order chi connectivity index (χ1) is 13.6. The number of hydrogen-bond donors (Lipinski definition) is 1. The van der Waals surface area contributed by atoms with Crippen LogP contribution in [0, 0.1) is 0 Å². The van der Waals surface area contributed by atoms with Gasteiger partial charge in [0.05, 0.1) is 6.26 Å². The maximum atomic E-state index is 12.9. The van der Waals surface area contributed by atoms with Crippen LogP contribution in [0.5, 0.6) is 0 Å². The number of piperidine rings is 1. The normalized spacial score (nSPS) is 15.8. The Kier molecular flexibility index (Phi) is 3.93. The highest BCUT2D eigenvalue weighted by Crippen LogP contribution is 2.23. The van der Waals surface area contributed by atoms with Crippen LogP contribution in [0.25, 0.3) is 28.4 Å². The average molecular weight is 382 g/mol. The van der Waals surface area contributed by atoms with Crippen molar-refractivity contribution in [2.45, 2.75) is 25.8 Å². The Morgan fingerprint density at radius 1 is 1.14 bits per heavy atom. The van der Waals surface area contributed by atoms with Gasteiger partial charge in [0.2, 0.25) is 11.8 Å². The van der Waals surface area contributed by atoms with Crippen LogP contribution in [0.3, 0.4) is 0 Å². The van der Waals surface area contributed by atoms with E-state index in [1.807, 2.05) is 0 Å². The molecule has 5 heterocycles. The molecule has 0 bridgehead atoms. The molecule has 0 aromatic carbocycles. The van der Waals surface area contributed by atoms with Crippen molar-refractivity contribution in [1.29, 1.82) is 0 Å². The van der Waals surface area contributed by atoms with Crippen LogP contribution in [0.4, 0.5) is 5.95 Å². The van der Waals surface area contributed by atoms with Crippen molar-refractivity contribution in [3.05, 3.63) is 28.9 Å². The fourth-order valence-corrected chi connectivity index (χ4v) is 3.93. The quantitative estimate of drug-likeness (QED) is 0.562. The molecule has 0 saturated carbocycles. The number of nitrogens with two attached hydrogens (primary N) is 1. The molecule has 0 amide bonds. The molecule has 0 aliphatic carbocycles. The second-order valence-corrected chi connectivity index (χ2v) is 7.19. The van der Waals surface area contributed by atoms with Gasteiger partial charge in [0.25, 0.3) is 0 Å². The number of anilines is 1. The number of nitrogen functional groups attached to an aromatic ring is 1. The van der Waals surface area contributed by atoms with Gasteiger partial charge >= 0.3 is 5.69 Å². The van der Waals surface area contributed by atoms with Gasteiger partial charge in [0, 0.05) is 20.1 Å². The highest BCUT2D eigenvalue weighted by molar-refractivity contribution is 5.88. The maximum absolute atomic E-state index is 12.9. The van der Waals surface area contributed by atoms with E-state index in [4.69, 9.17) is 10.2 Å². The van der Waals surface area contributed by atoms with Crippen LogP contribution in [0.1, 0.15) is 19.3 Å². The van der Waals surface area contributed by atoms with Crippen LogP contribution in [-0.4, -0.2) is 53.3 Å². The molecule has 1 fully saturated rings. The number of fused-ring (bicyclic) bond motifs is 3. The summed E-state index contributed by atoms with van der Waals surface area (Å²) in [6, 6.07) is 3.55. The molecule has 0 radical (unpaired) electrons. The number of hydrogen-bond acceptors (Lipinski definition) is 7. The smallest absolute Gasteiger partial charge is 0.330 e. The lowest BCUT2D eigenvalue weighted by molar-refractivity contribution is 0.220. The first-order valence-electron chi connectivity index (χ1n) is 9.51. The number of furan rings is 1. The molecule has 1 aliphatic rings. The largest absolute Gasteiger partial charge is 0.461 e. The lowest BCUT2D eigenvalue weighted by atomic mass is 10.1. The summed E-state index contributed by atoms with van der Waals surface area (Å²) in [7, 11) is 1.72. The van der Waals surface area contributed by atoms with Crippen LogP contribution in [0.2, 0.25) is 0 Å². The number of nitrogens with zero attached hydrogens (tertiary/aromatic N) is 7. The highest BCUT2D eigenvalue weighted by Gasteiger charge is 2.22. The van der Waals surface area contributed by atoms with E-state index in [0.717, 1.165) is 19.6 Å². The molecule has 4 aromatic rings. The summed E-state index contributed by atoms with van der Waals surface area (Å²) in [5.41, 5.74) is 7.65. The molecule has 1 aliphatic heterocycles. The van der Waals surface area contributed by atoms with Gasteiger partial charge in [0.15, 0.2) is 17.1 Å². The second kappa shape index (κ2) is 6.48. The highest BCUT2D eigenvalue weighted by atomic mass is 16.3. The van der Waals surface area contributed by atoms with Gasteiger partial charge in [-0.1, -0.05) is 6.42 Å². The van der Waals surface area contributed by atoms with Gasteiger partial charge < -0.3 is 15.1 Å². The third-order valence-corrected chi connectivity index (χ3v) is 5.41. The van der Waals surface area contributed by atoms with E-state index in [-0.39, 0.29) is 11.6 Å². The number of rotatable bonds is 4. The van der Waals surface area contributed by atoms with Gasteiger partial charge in [-0.3, -0.25) is 9.13 Å². The maximum Gasteiger partial charge on any atom is 0.330 e. The molecule has 10 nitrogen and oxygen atoms in total. The van der Waals surface area contributed by atoms with Crippen molar-refractivity contribution in [3.8, 4) is 11.6 Å². The Morgan fingerprint density at radius 2 is 1.96 bits per heavy atom. The van der Waals surface area contributed by atoms with E-state index in [1.165, 1.54) is 23.8 Å². The molecular weight excluding hydrogens is 360 g/mol. The standard InChI is InChI=1S/C18H22N8O2/c1-23-13-15(25(18(23)27)10-9-24-7-3-2-4-8-24)21-17(19)26-16(13)20-14(22-26)12-6-5-11-28-12/h5-6,11H,2-4,7-10H2,1H3,(H2,19,21). The van der Waals surface area contributed by atoms with E-state index in [0.29, 0.717) is 34.9 Å². The summed E-state index contributed by atoms with van der Waals surface area (Å²) in [4.78, 5) is 24.3. The van der Waals surface area contributed by atoms with Crippen molar-refractivity contribution in [3.63, 3.8) is 0 Å². The van der Waals surface area contributed by atoms with Crippen molar-refractivity contribution in [2.24, 2.45) is 7.05 Å². The molecule has 146 valence electrons. The topological polar surface area (TPSA) is 112 Å². The van der Waals surface area contributed by atoms with Gasteiger partial charge in [-0.25, -0.2) is 9.78 Å². The zero-order valence-electron chi connectivity index (χ0n) is 15.7. The first kappa shape index (κ1) is 17.0. The minimum Gasteiger partial charge on any atom is -0.461 e. The Morgan fingerprint density at radius 3 is 2.71 bits per heavy atom. The SMILES string of the molecule is Cn1c(=O)n(CCN2CCCCC2)c2nc(N)n3nc(-c4ccco4)nc3c21. The van der Waals surface area contributed by atoms with Gasteiger partial charge in [-0.15, -0.1) is 5.10 Å². The summed E-state index contributed by atoms with van der Waals surface area (Å²) >= 11 is 0. The van der Waals surface area contributed by atoms with Gasteiger partial charge in [-0.05, 0) is 38.1 Å². The molecule has 4 aromatic heterocycles. The molecule has 5 rings (SSSR count). The molecule has 0 unspecified atom stereocenters. The van der Waals surface area contributed by atoms with E-state index in [1.54, 1.807) is 34.6 Å². The Balaban J connectivity index is 1.62. The predicted molar refractivity (Wildman–Crippen MR) is 104 cm³/mol. The zero-order chi connectivity index (χ0) is 19.3. The van der Waals surface area contributed by atoms with E-state index in [9.17, 15) is 4.79 Å². The van der Waals surface area contributed by atoms with Crippen LogP contribution < -0.4 is 11.4 Å². The number of imidazole rings is 1. The van der Waals surface area contributed by atoms with E-state index in [2.05, 4.69) is 20.0 Å². The minimum absolute atomic E-state index is 0.130. The van der Waals surface area contributed by atoms with Crippen LogP contribution in [0.15, 0.2) is 27.6 Å². The van der Waals surface area contributed by atoms with E-state index >= 15 is 0 Å². The minimum atomic E-state index is -0.130. The van der Waals surface area contributed by atoms with Crippen LogP contribution in [-0.2, 0) is 13.6 Å². The van der Waals surface area contributed by atoms with Gasteiger partial charge in [-0.2, -0.15) is 9.50 Å². The molecular formula is C18H22N8O2. The fourth-order valence-electron chi connectivity index (χ4n) is 3.93. The zero-order valence-corrected chi connectivity index (χ0v) is 15.7. The fraction of sp³-hybridized carbons (Fsp3) is 0.444. The summed E-state index contributed by atoms with van der Waals surface area (Å²) in [5.74, 6) is 1.12. The van der Waals surface area contributed by atoms with Crippen molar-refractivity contribution < 1.29 is 4.42 Å². The van der Waals surface area contributed by atoms with Crippen molar-refractivity contribution in [2.75, 3.05) is 25.4 Å². The van der Waals surface area contributed by atoms with Gasteiger partial charge in [0.1, 0.15) is 5.52 Å². The van der Waals surface area contributed by atoms with E-state index < -0.39 is 0 Å². The lowest BCUT2D eigenvalue weighted by Gasteiger charge is -2.26. The summed E-state index contributed by atoms with van der Waals surface area (Å²) < 4.78 is 10.1. The van der Waals surface area contributed by atoms with Crippen molar-refractivity contribution >= 4 is 22.8 Å². The summed E-state index contributed by atoms with van der Waals surface area (Å²) in [5, 5.41) is 4.40. The predicted octanol–water partition coefficient (Wildman–Crippen LogP) is 1.11. The molecule has 1 saturated heterocycles. The summed E-state index contributed by atoms with van der Waals surface area (Å²) in [6.07, 6.45) is 5.27. The second-order valence-electron chi connectivity index (χ2n) is 7.19. The third kappa shape index (κ3) is 2.60. The first-order valence-corrected chi connectivity index (χ1v) is 9.51. The molecule has 10 heteroatoms. The third-order valence-electron chi connectivity index (χ3n) is 5.41. The Hall–Kier alpha value is -3.14. The average Bonchev–Trinajstić information content (AvgIpc) is 3.42. The monoisotopic (exact) mass is 382 g/mol. The molecule has 2 N–H and O–H groups in total. The number of likely N-dealkylation sites (tertiary alicyclic amines) is 1. The lowest BCUT2D eigenvalue weighted by Crippen LogP contribution is -2.34. The molecule has 0 spiro atoms. The Labute approximate surface area is 160 Å².